The van der Waals surface area contributed by atoms with Gasteiger partial charge in [-0.3, -0.25) is 4.99 Å². The van der Waals surface area contributed by atoms with E-state index >= 15 is 0 Å². The zero-order valence-corrected chi connectivity index (χ0v) is 19.6. The van der Waals surface area contributed by atoms with Gasteiger partial charge in [-0.15, -0.1) is 0 Å². The fourth-order valence-electron chi connectivity index (χ4n) is 8.02. The second-order valence-corrected chi connectivity index (χ2v) is 17.2. The molecule has 1 nitrogen and oxygen atoms in total. The number of nitrogens with zero attached hydrogens (tertiary/aromatic N) is 1. The first-order valence-electron chi connectivity index (χ1n) is 12.1. The molecule has 154 valence electrons. The van der Waals surface area contributed by atoms with Gasteiger partial charge >= 0.3 is 0 Å². The van der Waals surface area contributed by atoms with Crippen molar-refractivity contribution >= 4 is 13.8 Å². The van der Waals surface area contributed by atoms with Gasteiger partial charge in [0.15, 0.2) is 0 Å². The first kappa shape index (κ1) is 18.0. The van der Waals surface area contributed by atoms with Crippen LogP contribution in [0.25, 0.3) is 0 Å². The van der Waals surface area contributed by atoms with Gasteiger partial charge < -0.3 is 0 Å². The smallest absolute Gasteiger partial charge is 0.0771 e. The zero-order chi connectivity index (χ0) is 20.4. The van der Waals surface area contributed by atoms with E-state index in [1.165, 1.54) is 59.7 Å². The van der Waals surface area contributed by atoms with Gasteiger partial charge in [-0.2, -0.15) is 0 Å². The summed E-state index contributed by atoms with van der Waals surface area (Å²) in [6.45, 7) is 12.1. The third-order valence-electron chi connectivity index (χ3n) is 9.78. The van der Waals surface area contributed by atoms with Crippen molar-refractivity contribution in [3.63, 3.8) is 0 Å². The number of fused-ring (bicyclic) bond motifs is 4. The number of aliphatic imine (C=N–C) groups is 1. The lowest BCUT2D eigenvalue weighted by atomic mass is 9.43. The van der Waals surface area contributed by atoms with Crippen molar-refractivity contribution in [1.29, 1.82) is 0 Å². The van der Waals surface area contributed by atoms with E-state index in [-0.39, 0.29) is 0 Å². The SMILES string of the molecule is C=C(/C(=C\C1=NC2CC2c2ccccc21)CC1C2CC3CC4=CC1C43C2)[Si](C)(C)C. The lowest BCUT2D eigenvalue weighted by molar-refractivity contribution is 0.0278. The molecule has 4 fully saturated rings. The second-order valence-electron chi connectivity index (χ2n) is 12.1. The molecule has 2 bridgehead atoms. The van der Waals surface area contributed by atoms with E-state index in [0.29, 0.717) is 17.4 Å². The average Bonchev–Trinajstić information content (AvgIpc) is 3.31. The van der Waals surface area contributed by atoms with E-state index in [0.717, 1.165) is 23.7 Å². The van der Waals surface area contributed by atoms with Crippen LogP contribution in [0.15, 0.2) is 64.3 Å². The van der Waals surface area contributed by atoms with Crippen molar-refractivity contribution in [3.05, 3.63) is 70.5 Å². The van der Waals surface area contributed by atoms with Crippen molar-refractivity contribution < 1.29 is 0 Å². The fraction of sp³-hybridized carbons (Fsp3) is 0.536. The fourth-order valence-corrected chi connectivity index (χ4v) is 9.16. The molecule has 7 unspecified atom stereocenters. The van der Waals surface area contributed by atoms with E-state index < -0.39 is 8.07 Å². The van der Waals surface area contributed by atoms with Crippen LogP contribution < -0.4 is 0 Å². The average molecular weight is 412 g/mol. The third kappa shape index (κ3) is 2.16. The minimum Gasteiger partial charge on any atom is -0.281 e. The highest BCUT2D eigenvalue weighted by Gasteiger charge is 2.72. The van der Waals surface area contributed by atoms with E-state index in [2.05, 4.69) is 62.6 Å². The summed E-state index contributed by atoms with van der Waals surface area (Å²) in [5.74, 6) is 4.38. The minimum absolute atomic E-state index is 0.529. The molecule has 2 heteroatoms. The summed E-state index contributed by atoms with van der Waals surface area (Å²) in [4.78, 5) is 5.19. The zero-order valence-electron chi connectivity index (χ0n) is 18.6. The Balaban J connectivity index is 1.27. The molecule has 5 aliphatic carbocycles. The van der Waals surface area contributed by atoms with Crippen LogP contribution in [0, 0.1) is 29.1 Å². The molecular formula is C28H33NSi. The second kappa shape index (κ2) is 5.57. The largest absolute Gasteiger partial charge is 0.281 e. The highest BCUT2D eigenvalue weighted by atomic mass is 28.3. The Morgan fingerprint density at radius 2 is 2.07 bits per heavy atom. The molecule has 4 saturated carbocycles. The molecule has 7 atom stereocenters. The molecule has 1 aromatic rings. The van der Waals surface area contributed by atoms with Crippen LogP contribution in [0.4, 0.5) is 0 Å². The summed E-state index contributed by atoms with van der Waals surface area (Å²) < 4.78 is 0. The van der Waals surface area contributed by atoms with Crippen LogP contribution in [0.2, 0.25) is 19.6 Å². The normalized spacial score (nSPS) is 41.6. The Morgan fingerprint density at radius 3 is 2.83 bits per heavy atom. The van der Waals surface area contributed by atoms with Crippen LogP contribution in [0.1, 0.15) is 49.1 Å². The van der Waals surface area contributed by atoms with Crippen LogP contribution in [0.5, 0.6) is 0 Å². The molecule has 30 heavy (non-hydrogen) atoms. The van der Waals surface area contributed by atoms with E-state index in [9.17, 15) is 0 Å². The van der Waals surface area contributed by atoms with Gasteiger partial charge in [0, 0.05) is 16.9 Å². The first-order chi connectivity index (χ1) is 14.4. The van der Waals surface area contributed by atoms with E-state index in [1.54, 1.807) is 0 Å². The topological polar surface area (TPSA) is 12.4 Å². The summed E-state index contributed by atoms with van der Waals surface area (Å²) in [5.41, 5.74) is 8.21. The van der Waals surface area contributed by atoms with Gasteiger partial charge in [-0.05, 0) is 73.0 Å². The van der Waals surface area contributed by atoms with Gasteiger partial charge in [0.2, 0.25) is 0 Å². The van der Waals surface area contributed by atoms with Gasteiger partial charge in [0.05, 0.1) is 19.8 Å². The maximum absolute atomic E-state index is 5.19. The predicted molar refractivity (Wildman–Crippen MR) is 128 cm³/mol. The Hall–Kier alpha value is -1.67. The maximum Gasteiger partial charge on any atom is 0.0771 e. The van der Waals surface area contributed by atoms with Crippen LogP contribution >= 0.6 is 0 Å². The number of rotatable bonds is 5. The highest BCUT2D eigenvalue weighted by Crippen LogP contribution is 2.80. The lowest BCUT2D eigenvalue weighted by Gasteiger charge is -2.61. The Labute approximate surface area is 182 Å². The number of benzene rings is 1. The van der Waals surface area contributed by atoms with Gasteiger partial charge in [-0.25, -0.2) is 0 Å². The van der Waals surface area contributed by atoms with Crippen molar-refractivity contribution in [3.8, 4) is 0 Å². The summed E-state index contributed by atoms with van der Waals surface area (Å²) in [5, 5.41) is 1.45. The summed E-state index contributed by atoms with van der Waals surface area (Å²) in [6.07, 6.45) is 12.1. The highest BCUT2D eigenvalue weighted by molar-refractivity contribution is 6.83. The molecule has 6 aliphatic rings. The maximum atomic E-state index is 5.19. The summed E-state index contributed by atoms with van der Waals surface area (Å²) >= 11 is 0. The molecule has 0 saturated heterocycles. The molecule has 1 spiro atoms. The Bertz CT molecular complexity index is 1080. The predicted octanol–water partition coefficient (Wildman–Crippen LogP) is 6.70. The van der Waals surface area contributed by atoms with Gasteiger partial charge in [0.1, 0.15) is 0 Å². The van der Waals surface area contributed by atoms with Crippen molar-refractivity contribution in [2.24, 2.45) is 34.1 Å². The Morgan fingerprint density at radius 1 is 1.23 bits per heavy atom. The Kier molecular flexibility index (Phi) is 3.33. The molecular weight excluding hydrogens is 378 g/mol. The molecule has 7 rings (SSSR count). The standard InChI is InChI=1S/C28H33NSi/c1-16(30(2,3)4)17(10-23-18-9-19-12-20-13-25(23)28(19,20)15-18)11-26-22-8-6-5-7-21(22)24-14-27(24)29-26/h5-8,11,13,18-19,23-25,27H,1,9-10,12,14-15H2,2-4H3/b17-11-. The van der Waals surface area contributed by atoms with Crippen LogP contribution in [-0.2, 0) is 0 Å². The molecule has 1 aliphatic heterocycles. The van der Waals surface area contributed by atoms with E-state index in [1.807, 2.05) is 5.57 Å². The van der Waals surface area contributed by atoms with E-state index in [4.69, 9.17) is 4.99 Å². The number of allylic oxidation sites excluding steroid dienone is 5. The molecule has 0 radical (unpaired) electrons. The first-order valence-corrected chi connectivity index (χ1v) is 15.6. The van der Waals surface area contributed by atoms with Gasteiger partial charge in [-0.1, -0.05) is 67.3 Å². The quantitative estimate of drug-likeness (QED) is 0.290. The molecule has 0 N–H and O–H groups in total. The summed E-state index contributed by atoms with van der Waals surface area (Å²) in [7, 11) is -1.46. The number of hydrogen-bond donors (Lipinski definition) is 0. The van der Waals surface area contributed by atoms with Crippen LogP contribution in [-0.4, -0.2) is 19.8 Å². The van der Waals surface area contributed by atoms with Crippen LogP contribution in [0.3, 0.4) is 0 Å². The molecule has 0 aromatic heterocycles. The third-order valence-corrected chi connectivity index (χ3v) is 11.9. The van der Waals surface area contributed by atoms with Crippen molar-refractivity contribution in [2.45, 2.75) is 63.7 Å². The summed E-state index contributed by atoms with van der Waals surface area (Å²) in [6, 6.07) is 9.55. The lowest BCUT2D eigenvalue weighted by Crippen LogP contribution is -2.52. The molecule has 1 heterocycles. The monoisotopic (exact) mass is 411 g/mol. The minimum atomic E-state index is -1.46. The molecule has 1 aromatic carbocycles. The number of hydrogen-bond acceptors (Lipinski definition) is 1. The van der Waals surface area contributed by atoms with Crippen molar-refractivity contribution in [2.75, 3.05) is 0 Å². The van der Waals surface area contributed by atoms with Crippen molar-refractivity contribution in [1.82, 2.24) is 0 Å². The van der Waals surface area contributed by atoms with Gasteiger partial charge in [0.25, 0.3) is 0 Å². The molecule has 0 amide bonds.